The molecule has 7 nitrogen and oxygen atoms in total. The highest BCUT2D eigenvalue weighted by molar-refractivity contribution is 7.13. The normalized spacial score (nSPS) is 12.4. The van der Waals surface area contributed by atoms with Crippen LogP contribution in [0.4, 0.5) is 0 Å². The number of thiophene rings is 1. The van der Waals surface area contributed by atoms with Crippen LogP contribution in [0.15, 0.2) is 28.1 Å². The lowest BCUT2D eigenvalue weighted by molar-refractivity contribution is -0.131. The van der Waals surface area contributed by atoms with E-state index in [1.54, 1.807) is 27.1 Å². The number of rotatable bonds is 6. The Morgan fingerprint density at radius 1 is 1.32 bits per heavy atom. The van der Waals surface area contributed by atoms with Crippen molar-refractivity contribution in [1.29, 1.82) is 0 Å². The molecule has 148 valence electrons. The number of carbonyl (C=O) groups is 2. The molecular formula is C20H24N4O3S. The SMILES string of the molecule is Cc1noc2nc(-c3cccs3)cc(C(=O)NC(CC(C)C)C(=O)N(C)C)c12. The summed E-state index contributed by atoms with van der Waals surface area (Å²) in [6, 6.07) is 4.99. The van der Waals surface area contributed by atoms with Crippen LogP contribution in [0.2, 0.25) is 0 Å². The Hall–Kier alpha value is -2.74. The zero-order valence-corrected chi connectivity index (χ0v) is 17.5. The molecule has 0 bridgehead atoms. The van der Waals surface area contributed by atoms with Crippen molar-refractivity contribution >= 4 is 34.3 Å². The lowest BCUT2D eigenvalue weighted by Gasteiger charge is -2.23. The van der Waals surface area contributed by atoms with Gasteiger partial charge in [-0.05, 0) is 36.8 Å². The summed E-state index contributed by atoms with van der Waals surface area (Å²) in [6.45, 7) is 5.81. The molecular weight excluding hydrogens is 376 g/mol. The molecule has 0 aliphatic carbocycles. The standard InChI is InChI=1S/C20H24N4O3S/c1-11(2)9-15(20(26)24(4)5)21-18(25)13-10-14(16-7-6-8-28-16)22-19-17(13)12(3)23-27-19/h6-8,10-11,15H,9H2,1-5H3,(H,21,25). The van der Waals surface area contributed by atoms with E-state index in [0.29, 0.717) is 34.5 Å². The van der Waals surface area contributed by atoms with Gasteiger partial charge in [0.15, 0.2) is 0 Å². The van der Waals surface area contributed by atoms with Gasteiger partial charge in [0.25, 0.3) is 11.6 Å². The summed E-state index contributed by atoms with van der Waals surface area (Å²) in [4.78, 5) is 32.6. The molecule has 0 fully saturated rings. The van der Waals surface area contributed by atoms with E-state index >= 15 is 0 Å². The number of hydrogen-bond donors (Lipinski definition) is 1. The molecule has 0 aliphatic rings. The van der Waals surface area contributed by atoms with Gasteiger partial charge in [-0.1, -0.05) is 25.1 Å². The maximum absolute atomic E-state index is 13.2. The highest BCUT2D eigenvalue weighted by Crippen LogP contribution is 2.29. The van der Waals surface area contributed by atoms with Crippen LogP contribution in [0.25, 0.3) is 21.7 Å². The van der Waals surface area contributed by atoms with E-state index in [2.05, 4.69) is 15.5 Å². The number of hydrogen-bond acceptors (Lipinski definition) is 6. The minimum absolute atomic E-state index is 0.132. The molecule has 0 radical (unpaired) electrons. The van der Waals surface area contributed by atoms with Crippen molar-refractivity contribution in [2.45, 2.75) is 33.2 Å². The van der Waals surface area contributed by atoms with Crippen molar-refractivity contribution in [2.75, 3.05) is 14.1 Å². The number of likely N-dealkylation sites (N-methyl/N-ethyl adjacent to an activating group) is 1. The van der Waals surface area contributed by atoms with Crippen LogP contribution in [0.1, 0.15) is 36.3 Å². The van der Waals surface area contributed by atoms with Gasteiger partial charge in [-0.25, -0.2) is 4.98 Å². The fourth-order valence-corrected chi connectivity index (χ4v) is 3.75. The quantitative estimate of drug-likeness (QED) is 0.684. The Balaban J connectivity index is 2.02. The molecule has 1 atom stereocenters. The van der Waals surface area contributed by atoms with Crippen LogP contribution in [-0.4, -0.2) is 47.0 Å². The van der Waals surface area contributed by atoms with Crippen molar-refractivity contribution in [1.82, 2.24) is 20.4 Å². The van der Waals surface area contributed by atoms with Gasteiger partial charge in [0.05, 0.1) is 27.2 Å². The molecule has 3 rings (SSSR count). The molecule has 1 N–H and O–H groups in total. The number of aromatic nitrogens is 2. The second-order valence-electron chi connectivity index (χ2n) is 7.37. The number of nitrogens with one attached hydrogen (secondary N) is 1. The second kappa shape index (κ2) is 8.10. The van der Waals surface area contributed by atoms with Crippen LogP contribution >= 0.6 is 11.3 Å². The minimum Gasteiger partial charge on any atom is -0.347 e. The molecule has 1 unspecified atom stereocenters. The van der Waals surface area contributed by atoms with Crippen LogP contribution in [-0.2, 0) is 4.79 Å². The molecule has 0 aliphatic heterocycles. The van der Waals surface area contributed by atoms with Crippen molar-refractivity contribution in [3.05, 3.63) is 34.8 Å². The van der Waals surface area contributed by atoms with E-state index < -0.39 is 6.04 Å². The van der Waals surface area contributed by atoms with Gasteiger partial charge in [0.1, 0.15) is 6.04 Å². The van der Waals surface area contributed by atoms with E-state index in [9.17, 15) is 9.59 Å². The van der Waals surface area contributed by atoms with E-state index in [1.165, 1.54) is 16.2 Å². The monoisotopic (exact) mass is 400 g/mol. The Kier molecular flexibility index (Phi) is 5.79. The first-order valence-corrected chi connectivity index (χ1v) is 9.98. The molecule has 3 aromatic heterocycles. The van der Waals surface area contributed by atoms with Crippen molar-refractivity contribution in [3.63, 3.8) is 0 Å². The Labute approximate surface area is 167 Å². The van der Waals surface area contributed by atoms with Crippen LogP contribution in [0, 0.1) is 12.8 Å². The van der Waals surface area contributed by atoms with E-state index in [4.69, 9.17) is 4.52 Å². The lowest BCUT2D eigenvalue weighted by atomic mass is 10.0. The maximum Gasteiger partial charge on any atom is 0.259 e. The number of aryl methyl sites for hydroxylation is 1. The minimum atomic E-state index is -0.601. The van der Waals surface area contributed by atoms with Gasteiger partial charge in [0.2, 0.25) is 5.91 Å². The maximum atomic E-state index is 13.2. The molecule has 3 aromatic rings. The summed E-state index contributed by atoms with van der Waals surface area (Å²) in [5, 5.41) is 9.38. The van der Waals surface area contributed by atoms with Crippen LogP contribution in [0.5, 0.6) is 0 Å². The molecule has 28 heavy (non-hydrogen) atoms. The largest absolute Gasteiger partial charge is 0.347 e. The van der Waals surface area contributed by atoms with Gasteiger partial charge in [-0.3, -0.25) is 9.59 Å². The number of carbonyl (C=O) groups excluding carboxylic acids is 2. The zero-order chi connectivity index (χ0) is 20.4. The van der Waals surface area contributed by atoms with Gasteiger partial charge < -0.3 is 14.7 Å². The molecule has 3 heterocycles. The summed E-state index contributed by atoms with van der Waals surface area (Å²) in [6.07, 6.45) is 0.553. The van der Waals surface area contributed by atoms with Gasteiger partial charge >= 0.3 is 0 Å². The predicted octanol–water partition coefficient (Wildman–Crippen LogP) is 3.49. The molecule has 8 heteroatoms. The average Bonchev–Trinajstić information content (AvgIpc) is 3.29. The number of amides is 2. The number of fused-ring (bicyclic) bond motifs is 1. The Morgan fingerprint density at radius 2 is 2.07 bits per heavy atom. The fraction of sp³-hybridized carbons (Fsp3) is 0.400. The van der Waals surface area contributed by atoms with Crippen LogP contribution < -0.4 is 5.32 Å². The van der Waals surface area contributed by atoms with Gasteiger partial charge in [-0.15, -0.1) is 11.3 Å². The van der Waals surface area contributed by atoms with Crippen molar-refractivity contribution in [3.8, 4) is 10.6 Å². The predicted molar refractivity (Wildman–Crippen MR) is 109 cm³/mol. The number of pyridine rings is 1. The first kappa shape index (κ1) is 20.0. The molecule has 0 aromatic carbocycles. The summed E-state index contributed by atoms with van der Waals surface area (Å²) in [5.74, 6) is -0.212. The Bertz CT molecular complexity index is 992. The first-order chi connectivity index (χ1) is 13.3. The van der Waals surface area contributed by atoms with E-state index in [-0.39, 0.29) is 17.7 Å². The second-order valence-corrected chi connectivity index (χ2v) is 8.32. The molecule has 0 saturated heterocycles. The van der Waals surface area contributed by atoms with E-state index in [1.807, 2.05) is 31.4 Å². The van der Waals surface area contributed by atoms with Crippen molar-refractivity contribution < 1.29 is 14.1 Å². The van der Waals surface area contributed by atoms with Gasteiger partial charge in [0, 0.05) is 14.1 Å². The first-order valence-electron chi connectivity index (χ1n) is 9.10. The zero-order valence-electron chi connectivity index (χ0n) is 16.6. The average molecular weight is 401 g/mol. The fourth-order valence-electron chi connectivity index (χ4n) is 3.06. The van der Waals surface area contributed by atoms with Crippen molar-refractivity contribution in [2.24, 2.45) is 5.92 Å². The summed E-state index contributed by atoms with van der Waals surface area (Å²) in [7, 11) is 3.37. The molecule has 0 saturated carbocycles. The van der Waals surface area contributed by atoms with Gasteiger partial charge in [-0.2, -0.15) is 0 Å². The van der Waals surface area contributed by atoms with Crippen LogP contribution in [0.3, 0.4) is 0 Å². The van der Waals surface area contributed by atoms with E-state index in [0.717, 1.165) is 4.88 Å². The Morgan fingerprint density at radius 3 is 2.68 bits per heavy atom. The molecule has 2 amide bonds. The molecule has 0 spiro atoms. The smallest absolute Gasteiger partial charge is 0.259 e. The highest BCUT2D eigenvalue weighted by Gasteiger charge is 2.26. The number of nitrogens with zero attached hydrogens (tertiary/aromatic N) is 3. The topological polar surface area (TPSA) is 88.3 Å². The third-order valence-electron chi connectivity index (χ3n) is 4.39. The lowest BCUT2D eigenvalue weighted by Crippen LogP contribution is -2.47. The summed E-state index contributed by atoms with van der Waals surface area (Å²) in [5.41, 5.74) is 1.95. The highest BCUT2D eigenvalue weighted by atomic mass is 32.1. The summed E-state index contributed by atoms with van der Waals surface area (Å²) < 4.78 is 5.32. The summed E-state index contributed by atoms with van der Waals surface area (Å²) >= 11 is 1.53. The third-order valence-corrected chi connectivity index (χ3v) is 5.28. The third kappa shape index (κ3) is 4.06.